The summed E-state index contributed by atoms with van der Waals surface area (Å²) < 4.78 is 32.2. The molecule has 0 aliphatic carbocycles. The van der Waals surface area contributed by atoms with Crippen molar-refractivity contribution in [2.75, 3.05) is 25.6 Å². The van der Waals surface area contributed by atoms with Gasteiger partial charge < -0.3 is 13.8 Å². The lowest BCUT2D eigenvalue weighted by molar-refractivity contribution is 0.115. The van der Waals surface area contributed by atoms with Gasteiger partial charge in [-0.25, -0.2) is 0 Å². The molecule has 2 rings (SSSR count). The molecular formula is C19H29O4PS2. The number of rotatable bonds is 10. The molecular weight excluding hydrogens is 387 g/mol. The molecule has 0 bridgehead atoms. The Balaban J connectivity index is 2.58. The van der Waals surface area contributed by atoms with Crippen molar-refractivity contribution in [1.82, 2.24) is 0 Å². The van der Waals surface area contributed by atoms with E-state index in [4.69, 9.17) is 13.8 Å². The Bertz CT molecular complexity index is 626. The first-order valence-electron chi connectivity index (χ1n) is 9.19. The van der Waals surface area contributed by atoms with Crippen molar-refractivity contribution in [2.45, 2.75) is 45.5 Å². The Morgan fingerprint density at radius 1 is 1.08 bits per heavy atom. The average molecular weight is 417 g/mol. The van der Waals surface area contributed by atoms with Crippen LogP contribution in [-0.2, 0) is 18.3 Å². The molecule has 0 N–H and O–H groups in total. The standard InChI is InChI=1S/C19H29O4PS2/c1-5-21-17-14-16(15-12-10-9-11-13-15)18(19(26-17)25-8-4)24(20,22-6-2)23-7-3/h9-13,16-17H,5-8,14H2,1-4H3/t16-,17+/m0/s1. The summed E-state index contributed by atoms with van der Waals surface area (Å²) in [5.74, 6) is 0.858. The van der Waals surface area contributed by atoms with Gasteiger partial charge >= 0.3 is 7.60 Å². The molecule has 2 atom stereocenters. The molecule has 1 heterocycles. The van der Waals surface area contributed by atoms with E-state index in [1.807, 2.05) is 39.0 Å². The van der Waals surface area contributed by atoms with Gasteiger partial charge in [0.1, 0.15) is 5.44 Å². The predicted molar refractivity (Wildman–Crippen MR) is 113 cm³/mol. The van der Waals surface area contributed by atoms with Crippen LogP contribution in [-0.4, -0.2) is 31.0 Å². The van der Waals surface area contributed by atoms with Gasteiger partial charge in [0.25, 0.3) is 0 Å². The Morgan fingerprint density at radius 3 is 2.27 bits per heavy atom. The highest BCUT2D eigenvalue weighted by molar-refractivity contribution is 8.22. The molecule has 26 heavy (non-hydrogen) atoms. The first kappa shape index (κ1) is 22.1. The van der Waals surface area contributed by atoms with Gasteiger partial charge in [-0.2, -0.15) is 0 Å². The summed E-state index contributed by atoms with van der Waals surface area (Å²) in [5, 5.41) is 0.806. The fraction of sp³-hybridized carbons (Fsp3) is 0.579. The Hall–Kier alpha value is -0.230. The lowest BCUT2D eigenvalue weighted by atomic mass is 9.95. The summed E-state index contributed by atoms with van der Waals surface area (Å²) in [4.78, 5) is 0. The zero-order chi connectivity index (χ0) is 19.0. The summed E-state index contributed by atoms with van der Waals surface area (Å²) in [7, 11) is -3.37. The zero-order valence-corrected chi connectivity index (χ0v) is 18.5. The smallest absolute Gasteiger partial charge is 0.359 e. The molecule has 0 amide bonds. The zero-order valence-electron chi connectivity index (χ0n) is 16.0. The quantitative estimate of drug-likeness (QED) is 0.408. The number of ether oxygens (including phenoxy) is 1. The molecule has 7 heteroatoms. The highest BCUT2D eigenvalue weighted by Crippen LogP contribution is 2.67. The van der Waals surface area contributed by atoms with E-state index < -0.39 is 7.60 Å². The maximum absolute atomic E-state index is 13.7. The predicted octanol–water partition coefficient (Wildman–Crippen LogP) is 6.46. The van der Waals surface area contributed by atoms with Gasteiger partial charge in [0.15, 0.2) is 0 Å². The van der Waals surface area contributed by atoms with Crippen molar-refractivity contribution in [2.24, 2.45) is 0 Å². The van der Waals surface area contributed by atoms with Gasteiger partial charge in [-0.3, -0.25) is 4.57 Å². The molecule has 1 aromatic carbocycles. The topological polar surface area (TPSA) is 44.8 Å². The summed E-state index contributed by atoms with van der Waals surface area (Å²) in [6.07, 6.45) is 0.760. The molecule has 1 aromatic rings. The highest BCUT2D eigenvalue weighted by Gasteiger charge is 2.43. The molecule has 0 spiro atoms. The van der Waals surface area contributed by atoms with Crippen molar-refractivity contribution >= 4 is 31.1 Å². The molecule has 146 valence electrons. The van der Waals surface area contributed by atoms with E-state index in [9.17, 15) is 4.57 Å². The van der Waals surface area contributed by atoms with Crippen LogP contribution >= 0.6 is 31.1 Å². The van der Waals surface area contributed by atoms with Gasteiger partial charge in [-0.1, -0.05) is 49.0 Å². The maximum atomic E-state index is 13.7. The lowest BCUT2D eigenvalue weighted by Gasteiger charge is -2.35. The SMILES string of the molecule is CCO[C@H]1C[C@@H](c2ccccc2)C(P(=O)(OCC)OCC)=C(SCC)S1. The molecule has 0 saturated carbocycles. The summed E-state index contributed by atoms with van der Waals surface area (Å²) >= 11 is 3.35. The van der Waals surface area contributed by atoms with Gasteiger partial charge in [0, 0.05) is 12.5 Å². The van der Waals surface area contributed by atoms with E-state index in [2.05, 4.69) is 19.1 Å². The van der Waals surface area contributed by atoms with E-state index in [-0.39, 0.29) is 11.4 Å². The van der Waals surface area contributed by atoms with Gasteiger partial charge in [-0.15, -0.1) is 11.8 Å². The van der Waals surface area contributed by atoms with Crippen LogP contribution in [0.2, 0.25) is 0 Å². The minimum Gasteiger partial charge on any atom is -0.367 e. The van der Waals surface area contributed by atoms with Gasteiger partial charge in [0.05, 0.1) is 22.8 Å². The number of thioether (sulfide) groups is 2. The molecule has 4 nitrogen and oxygen atoms in total. The molecule has 1 aliphatic heterocycles. The third kappa shape index (κ3) is 5.40. The number of hydrogen-bond acceptors (Lipinski definition) is 6. The highest BCUT2D eigenvalue weighted by atomic mass is 32.2. The van der Waals surface area contributed by atoms with Crippen molar-refractivity contribution in [1.29, 1.82) is 0 Å². The van der Waals surface area contributed by atoms with Gasteiger partial charge in [0.2, 0.25) is 0 Å². The summed E-state index contributed by atoms with van der Waals surface area (Å²) in [6.45, 7) is 9.19. The Labute approximate surface area is 166 Å². The first-order valence-corrected chi connectivity index (χ1v) is 12.6. The van der Waals surface area contributed by atoms with Crippen LogP contribution in [0.15, 0.2) is 39.9 Å². The number of benzene rings is 1. The van der Waals surface area contributed by atoms with Gasteiger partial charge in [-0.05, 0) is 38.5 Å². The fourth-order valence-corrected chi connectivity index (χ4v) is 8.41. The third-order valence-electron chi connectivity index (χ3n) is 3.93. The molecule has 0 aromatic heterocycles. The maximum Gasteiger partial charge on any atom is 0.359 e. The van der Waals surface area contributed by atoms with Crippen molar-refractivity contribution in [3.63, 3.8) is 0 Å². The minimum atomic E-state index is -3.37. The largest absolute Gasteiger partial charge is 0.367 e. The molecule has 0 fully saturated rings. The van der Waals surface area contributed by atoms with Crippen LogP contribution in [0.3, 0.4) is 0 Å². The normalized spacial score (nSPS) is 21.2. The Morgan fingerprint density at radius 2 is 1.73 bits per heavy atom. The van der Waals surface area contributed by atoms with E-state index in [1.165, 1.54) is 0 Å². The number of allylic oxidation sites excluding steroid dienone is 1. The van der Waals surface area contributed by atoms with E-state index in [0.717, 1.165) is 27.3 Å². The van der Waals surface area contributed by atoms with E-state index in [1.54, 1.807) is 23.5 Å². The monoisotopic (exact) mass is 416 g/mol. The average Bonchev–Trinajstić information content (AvgIpc) is 2.63. The van der Waals surface area contributed by atoms with Crippen LogP contribution in [0, 0.1) is 0 Å². The van der Waals surface area contributed by atoms with Crippen molar-refractivity contribution < 1.29 is 18.3 Å². The molecule has 0 saturated heterocycles. The van der Waals surface area contributed by atoms with E-state index >= 15 is 0 Å². The Kier molecular flexibility index (Phi) is 9.28. The summed E-state index contributed by atoms with van der Waals surface area (Å²) in [5.41, 5.74) is 1.17. The lowest BCUT2D eigenvalue weighted by Crippen LogP contribution is -2.21. The third-order valence-corrected chi connectivity index (χ3v) is 8.99. The fourth-order valence-electron chi connectivity index (χ4n) is 3.00. The van der Waals surface area contributed by atoms with Crippen LogP contribution in [0.25, 0.3) is 0 Å². The van der Waals surface area contributed by atoms with Crippen LogP contribution in [0.5, 0.6) is 0 Å². The molecule has 1 aliphatic rings. The van der Waals surface area contributed by atoms with Crippen molar-refractivity contribution in [3.05, 3.63) is 45.4 Å². The second-order valence-corrected chi connectivity index (χ2v) is 10.3. The second kappa shape index (κ2) is 10.9. The summed E-state index contributed by atoms with van der Waals surface area (Å²) in [6, 6.07) is 10.2. The second-order valence-electron chi connectivity index (χ2n) is 5.64. The first-order chi connectivity index (χ1) is 12.6. The minimum absolute atomic E-state index is 0.0352. The molecule has 0 unspecified atom stereocenters. The van der Waals surface area contributed by atoms with Crippen molar-refractivity contribution in [3.8, 4) is 0 Å². The van der Waals surface area contributed by atoms with Crippen LogP contribution in [0.4, 0.5) is 0 Å². The van der Waals surface area contributed by atoms with E-state index in [0.29, 0.717) is 19.8 Å². The van der Waals surface area contributed by atoms with Crippen LogP contribution < -0.4 is 0 Å². The number of hydrogen-bond donors (Lipinski definition) is 0. The molecule has 0 radical (unpaired) electrons. The van der Waals surface area contributed by atoms with Crippen LogP contribution in [0.1, 0.15) is 45.6 Å².